The molecule has 6 nitrogen and oxygen atoms in total. The minimum atomic E-state index is -0.809. The van der Waals surface area contributed by atoms with Gasteiger partial charge in [0.05, 0.1) is 0 Å². The van der Waals surface area contributed by atoms with Crippen LogP contribution in [0.3, 0.4) is 0 Å². The fraction of sp³-hybridized carbons (Fsp3) is 0.661. The van der Waals surface area contributed by atoms with E-state index in [0.717, 1.165) is 122 Å². The number of hydrogen-bond acceptors (Lipinski definition) is 6. The molecule has 0 bridgehead atoms. The van der Waals surface area contributed by atoms with Gasteiger partial charge in [-0.3, -0.25) is 14.4 Å². The van der Waals surface area contributed by atoms with Crippen molar-refractivity contribution in [1.29, 1.82) is 0 Å². The topological polar surface area (TPSA) is 78.9 Å². The Morgan fingerprint density at radius 1 is 0.309 bits per heavy atom. The Morgan fingerprint density at radius 2 is 0.574 bits per heavy atom. The molecule has 0 N–H and O–H groups in total. The third-order valence-corrected chi connectivity index (χ3v) is 11.5. The van der Waals surface area contributed by atoms with Crippen LogP contribution in [0.25, 0.3) is 0 Å². The molecule has 0 spiro atoms. The van der Waals surface area contributed by atoms with Crippen LogP contribution in [-0.2, 0) is 28.6 Å². The summed E-state index contributed by atoms with van der Waals surface area (Å²) in [5.41, 5.74) is 0. The number of esters is 3. The maximum absolute atomic E-state index is 12.8. The van der Waals surface area contributed by atoms with Gasteiger partial charge in [0.15, 0.2) is 6.10 Å². The van der Waals surface area contributed by atoms with Crippen LogP contribution >= 0.6 is 0 Å². The van der Waals surface area contributed by atoms with E-state index < -0.39 is 6.10 Å². The predicted octanol–water partition coefficient (Wildman–Crippen LogP) is 18.7. The summed E-state index contributed by atoms with van der Waals surface area (Å²) in [6.45, 7) is 6.44. The van der Waals surface area contributed by atoms with Crippen molar-refractivity contribution in [3.05, 3.63) is 109 Å². The van der Waals surface area contributed by atoms with Crippen molar-refractivity contribution in [3.8, 4) is 0 Å². The van der Waals surface area contributed by atoms with Gasteiger partial charge in [0.1, 0.15) is 13.2 Å². The third kappa shape index (κ3) is 53.0. The summed E-state index contributed by atoms with van der Waals surface area (Å²) in [5, 5.41) is 0. The van der Waals surface area contributed by atoms with Crippen LogP contribution in [-0.4, -0.2) is 37.2 Å². The van der Waals surface area contributed by atoms with Crippen molar-refractivity contribution in [2.75, 3.05) is 13.2 Å². The number of hydrogen-bond donors (Lipinski definition) is 0. The second-order valence-electron chi connectivity index (χ2n) is 18.1. The molecule has 0 aliphatic carbocycles. The molecule has 0 radical (unpaired) electrons. The van der Waals surface area contributed by atoms with Gasteiger partial charge in [-0.25, -0.2) is 0 Å². The molecule has 0 fully saturated rings. The number of rotatable bonds is 49. The fourth-order valence-electron chi connectivity index (χ4n) is 7.33. The molecule has 0 aromatic carbocycles. The molecular formula is C62H102O6. The highest BCUT2D eigenvalue weighted by Gasteiger charge is 2.19. The lowest BCUT2D eigenvalue weighted by molar-refractivity contribution is -0.167. The normalized spacial score (nSPS) is 12.9. The standard InChI is InChI=1S/C62H102O6/c1-4-7-10-13-16-19-22-25-27-29-31-33-35-37-40-43-46-49-52-55-61(64)67-58-59(57-66-60(63)54-51-48-45-42-39-24-21-18-15-12-9-6-3)68-62(65)56-53-50-47-44-41-38-36-34-32-30-28-26-23-20-17-14-11-8-5-2/h7,10,16-17,19-20,25-28,31-34,37-38,40-41,59H,4-6,8-9,11-15,18,21-24,29-30,35-36,39,42-58H2,1-3H3/b10-7-,19-16-,20-17-,27-25-,28-26-,33-31-,34-32-,40-37-,41-38-/t59-/m1/s1. The number of ether oxygens (including phenoxy) is 3. The first kappa shape index (κ1) is 64.1. The number of allylic oxidation sites excluding steroid dienone is 18. The molecule has 386 valence electrons. The van der Waals surface area contributed by atoms with E-state index in [9.17, 15) is 14.4 Å². The quantitative estimate of drug-likeness (QED) is 0.0262. The van der Waals surface area contributed by atoms with Crippen molar-refractivity contribution < 1.29 is 28.6 Å². The molecule has 0 rings (SSSR count). The van der Waals surface area contributed by atoms with Gasteiger partial charge < -0.3 is 14.2 Å². The lowest BCUT2D eigenvalue weighted by Gasteiger charge is -2.18. The van der Waals surface area contributed by atoms with Gasteiger partial charge in [0.25, 0.3) is 0 Å². The highest BCUT2D eigenvalue weighted by molar-refractivity contribution is 5.71. The molecule has 6 heteroatoms. The molecular weight excluding hydrogens is 841 g/mol. The highest BCUT2D eigenvalue weighted by atomic mass is 16.6. The Kier molecular flexibility index (Phi) is 52.4. The van der Waals surface area contributed by atoms with Crippen LogP contribution in [0.5, 0.6) is 0 Å². The maximum Gasteiger partial charge on any atom is 0.306 e. The first-order valence-corrected chi connectivity index (χ1v) is 27.9. The Morgan fingerprint density at radius 3 is 0.926 bits per heavy atom. The average molecular weight is 943 g/mol. The van der Waals surface area contributed by atoms with E-state index in [4.69, 9.17) is 14.2 Å². The van der Waals surface area contributed by atoms with E-state index in [2.05, 4.69) is 130 Å². The predicted molar refractivity (Wildman–Crippen MR) is 293 cm³/mol. The molecule has 0 heterocycles. The van der Waals surface area contributed by atoms with Gasteiger partial charge in [0, 0.05) is 19.3 Å². The van der Waals surface area contributed by atoms with Crippen molar-refractivity contribution in [2.24, 2.45) is 0 Å². The van der Waals surface area contributed by atoms with Gasteiger partial charge in [0.2, 0.25) is 0 Å². The summed E-state index contributed by atoms with van der Waals surface area (Å²) in [5.74, 6) is -0.967. The fourth-order valence-corrected chi connectivity index (χ4v) is 7.33. The summed E-state index contributed by atoms with van der Waals surface area (Å²) >= 11 is 0. The molecule has 0 aromatic rings. The van der Waals surface area contributed by atoms with Gasteiger partial charge in [-0.05, 0) is 109 Å². The molecule has 1 atom stereocenters. The zero-order chi connectivity index (χ0) is 49.3. The van der Waals surface area contributed by atoms with Crippen LogP contribution in [0, 0.1) is 0 Å². The summed E-state index contributed by atoms with van der Waals surface area (Å²) in [7, 11) is 0. The Hall–Kier alpha value is -3.93. The van der Waals surface area contributed by atoms with Crippen LogP contribution in [0.4, 0.5) is 0 Å². The van der Waals surface area contributed by atoms with E-state index >= 15 is 0 Å². The van der Waals surface area contributed by atoms with Crippen LogP contribution < -0.4 is 0 Å². The number of carbonyl (C=O) groups excluding carboxylic acids is 3. The molecule has 0 amide bonds. The van der Waals surface area contributed by atoms with Crippen molar-refractivity contribution in [3.63, 3.8) is 0 Å². The van der Waals surface area contributed by atoms with Crippen LogP contribution in [0.1, 0.15) is 245 Å². The maximum atomic E-state index is 12.8. The minimum Gasteiger partial charge on any atom is -0.462 e. The van der Waals surface area contributed by atoms with E-state index in [1.807, 2.05) is 0 Å². The Bertz CT molecular complexity index is 1410. The second-order valence-corrected chi connectivity index (χ2v) is 18.1. The largest absolute Gasteiger partial charge is 0.462 e. The molecule has 0 saturated heterocycles. The summed E-state index contributed by atoms with van der Waals surface area (Å²) in [4.78, 5) is 38.1. The molecule has 0 aliphatic rings. The van der Waals surface area contributed by atoms with E-state index in [1.54, 1.807) is 0 Å². The monoisotopic (exact) mass is 943 g/mol. The second kappa shape index (κ2) is 55.7. The summed E-state index contributed by atoms with van der Waals surface area (Å²) in [6, 6.07) is 0. The Labute approximate surface area is 419 Å². The molecule has 68 heavy (non-hydrogen) atoms. The van der Waals surface area contributed by atoms with E-state index in [0.29, 0.717) is 12.8 Å². The van der Waals surface area contributed by atoms with E-state index in [-0.39, 0.29) is 37.5 Å². The van der Waals surface area contributed by atoms with Gasteiger partial charge in [-0.15, -0.1) is 0 Å². The molecule has 0 aromatic heterocycles. The van der Waals surface area contributed by atoms with Gasteiger partial charge in [-0.1, -0.05) is 226 Å². The number of unbranched alkanes of at least 4 members (excludes halogenated alkanes) is 20. The lowest BCUT2D eigenvalue weighted by Crippen LogP contribution is -2.30. The highest BCUT2D eigenvalue weighted by Crippen LogP contribution is 2.14. The zero-order valence-corrected chi connectivity index (χ0v) is 44.1. The molecule has 0 aliphatic heterocycles. The SMILES string of the molecule is CC/C=C\C/C=C\C/C=C\C/C=C\C/C=C\CCCCCC(=O)OC[C@@H](COC(=O)CCCCCCCCCCCCCC)OC(=O)CCCCC/C=C\C/C=C\C/C=C\C/C=C\CCCCC. The van der Waals surface area contributed by atoms with Crippen molar-refractivity contribution >= 4 is 17.9 Å². The van der Waals surface area contributed by atoms with Crippen molar-refractivity contribution in [1.82, 2.24) is 0 Å². The first-order chi connectivity index (χ1) is 33.5. The van der Waals surface area contributed by atoms with E-state index in [1.165, 1.54) is 83.5 Å². The number of carbonyl (C=O) groups is 3. The van der Waals surface area contributed by atoms with Crippen LogP contribution in [0.15, 0.2) is 109 Å². The zero-order valence-electron chi connectivity index (χ0n) is 44.1. The summed E-state index contributed by atoms with van der Waals surface area (Å²) in [6.07, 6.45) is 75.0. The molecule has 0 saturated carbocycles. The third-order valence-electron chi connectivity index (χ3n) is 11.5. The lowest BCUT2D eigenvalue weighted by atomic mass is 10.0. The summed E-state index contributed by atoms with van der Waals surface area (Å²) < 4.78 is 16.8. The van der Waals surface area contributed by atoms with Gasteiger partial charge in [-0.2, -0.15) is 0 Å². The van der Waals surface area contributed by atoms with Gasteiger partial charge >= 0.3 is 17.9 Å². The average Bonchev–Trinajstić information content (AvgIpc) is 3.34. The molecule has 0 unspecified atom stereocenters. The minimum absolute atomic E-state index is 0.102. The van der Waals surface area contributed by atoms with Crippen LogP contribution in [0.2, 0.25) is 0 Å². The first-order valence-electron chi connectivity index (χ1n) is 27.9. The van der Waals surface area contributed by atoms with Crippen molar-refractivity contribution in [2.45, 2.75) is 252 Å². The Balaban J connectivity index is 4.51. The smallest absolute Gasteiger partial charge is 0.306 e.